The second kappa shape index (κ2) is 4.13. The molecule has 0 N–H and O–H groups in total. The van der Waals surface area contributed by atoms with Crippen molar-refractivity contribution in [3.63, 3.8) is 0 Å². The summed E-state index contributed by atoms with van der Waals surface area (Å²) in [4.78, 5) is 23.1. The van der Waals surface area contributed by atoms with Gasteiger partial charge >= 0.3 is 12.1 Å². The summed E-state index contributed by atoms with van der Waals surface area (Å²) in [6.45, 7) is 5.19. The Bertz CT molecular complexity index is 306. The summed E-state index contributed by atoms with van der Waals surface area (Å²) >= 11 is 5.82. The van der Waals surface area contributed by atoms with Crippen LogP contribution >= 0.6 is 11.8 Å². The molecule has 0 bridgehead atoms. The average Bonchev–Trinajstić information content (AvgIpc) is 2.93. The lowest BCUT2D eigenvalue weighted by Gasteiger charge is -2.26. The van der Waals surface area contributed by atoms with Crippen LogP contribution in [0, 0.1) is 0 Å². The van der Waals surface area contributed by atoms with Crippen molar-refractivity contribution in [3.8, 4) is 0 Å². The number of amides is 1. The molecule has 1 rings (SSSR count). The smallest absolute Gasteiger partial charge is 0.426 e. The van der Waals surface area contributed by atoms with Gasteiger partial charge in [0.25, 0.3) is 0 Å². The minimum atomic E-state index is -1.03. The van der Waals surface area contributed by atoms with E-state index in [2.05, 4.69) is 4.74 Å². The summed E-state index contributed by atoms with van der Waals surface area (Å²) in [5.41, 5.74) is -1.67. The molecule has 0 aromatic rings. The zero-order valence-corrected chi connectivity index (χ0v) is 10.6. The van der Waals surface area contributed by atoms with Crippen LogP contribution in [-0.4, -0.2) is 34.7 Å². The van der Waals surface area contributed by atoms with Crippen LogP contribution in [0.4, 0.5) is 4.79 Å². The van der Waals surface area contributed by atoms with Crippen LogP contribution in [0.1, 0.15) is 33.6 Å². The quantitative estimate of drug-likeness (QED) is 0.555. The Morgan fingerprint density at radius 2 is 1.81 bits per heavy atom. The topological polar surface area (TPSA) is 55.8 Å². The highest BCUT2D eigenvalue weighted by Crippen LogP contribution is 2.44. The van der Waals surface area contributed by atoms with Crippen molar-refractivity contribution in [2.75, 3.05) is 7.11 Å². The van der Waals surface area contributed by atoms with Gasteiger partial charge < -0.3 is 9.47 Å². The van der Waals surface area contributed by atoms with Crippen molar-refractivity contribution in [3.05, 3.63) is 0 Å². The van der Waals surface area contributed by atoms with Crippen molar-refractivity contribution >= 4 is 23.8 Å². The van der Waals surface area contributed by atoms with E-state index < -0.39 is 23.2 Å². The first-order chi connectivity index (χ1) is 7.23. The highest BCUT2D eigenvalue weighted by atomic mass is 35.5. The predicted octanol–water partition coefficient (Wildman–Crippen LogP) is 2.08. The number of rotatable bonds is 2. The Morgan fingerprint density at radius 3 is 2.12 bits per heavy atom. The van der Waals surface area contributed by atoms with Crippen LogP contribution in [-0.2, 0) is 14.3 Å². The Hall–Kier alpha value is -0.970. The van der Waals surface area contributed by atoms with Gasteiger partial charge in [-0.1, -0.05) is 0 Å². The molecular formula is C10H16ClNO4. The Labute approximate surface area is 99.7 Å². The molecule has 1 fully saturated rings. The maximum absolute atomic E-state index is 11.6. The third kappa shape index (κ3) is 2.58. The standard InChI is InChI=1S/C10H16ClNO4/c1-9(2,3)16-8(14)12(11)10(5-6-10)7(13)15-4/h5-6H2,1-4H3. The molecule has 1 amide bonds. The molecule has 0 aromatic carbocycles. The molecule has 92 valence electrons. The lowest BCUT2D eigenvalue weighted by atomic mass is 10.2. The van der Waals surface area contributed by atoms with E-state index in [1.165, 1.54) is 7.11 Å². The van der Waals surface area contributed by atoms with E-state index in [4.69, 9.17) is 16.5 Å². The van der Waals surface area contributed by atoms with E-state index in [1.54, 1.807) is 20.8 Å². The van der Waals surface area contributed by atoms with E-state index in [0.717, 1.165) is 4.42 Å². The summed E-state index contributed by atoms with van der Waals surface area (Å²) in [6.07, 6.45) is 0.280. The molecule has 0 aromatic heterocycles. The first-order valence-electron chi connectivity index (χ1n) is 5.00. The van der Waals surface area contributed by atoms with E-state index in [9.17, 15) is 9.59 Å². The van der Waals surface area contributed by atoms with Crippen molar-refractivity contribution in [1.29, 1.82) is 0 Å². The number of methoxy groups -OCH3 is 1. The zero-order valence-electron chi connectivity index (χ0n) is 9.87. The first kappa shape index (κ1) is 13.1. The second-order valence-electron chi connectivity index (χ2n) is 4.78. The van der Waals surface area contributed by atoms with E-state index in [-0.39, 0.29) is 0 Å². The largest absolute Gasteiger partial charge is 0.467 e. The molecule has 0 atom stereocenters. The highest BCUT2D eigenvalue weighted by molar-refractivity contribution is 6.23. The Balaban J connectivity index is 2.68. The lowest BCUT2D eigenvalue weighted by Crippen LogP contribution is -2.44. The molecule has 0 heterocycles. The average molecular weight is 250 g/mol. The van der Waals surface area contributed by atoms with Crippen molar-refractivity contribution in [2.45, 2.75) is 44.8 Å². The van der Waals surface area contributed by atoms with Gasteiger partial charge in [0.15, 0.2) is 5.54 Å². The van der Waals surface area contributed by atoms with Gasteiger partial charge in [0.2, 0.25) is 0 Å². The first-order valence-corrected chi connectivity index (χ1v) is 5.34. The fourth-order valence-corrected chi connectivity index (χ4v) is 1.54. The normalized spacial score (nSPS) is 17.6. The van der Waals surface area contributed by atoms with E-state index in [0.29, 0.717) is 12.8 Å². The fourth-order valence-electron chi connectivity index (χ4n) is 1.27. The molecule has 1 saturated carbocycles. The van der Waals surface area contributed by atoms with Crippen LogP contribution in [0.25, 0.3) is 0 Å². The predicted molar refractivity (Wildman–Crippen MR) is 57.9 cm³/mol. The minimum absolute atomic E-state index is 0.502. The number of hydrogen-bond acceptors (Lipinski definition) is 4. The lowest BCUT2D eigenvalue weighted by molar-refractivity contribution is -0.146. The van der Waals surface area contributed by atoms with Crippen molar-refractivity contribution in [2.24, 2.45) is 0 Å². The van der Waals surface area contributed by atoms with Gasteiger partial charge in [0.05, 0.1) is 7.11 Å². The van der Waals surface area contributed by atoms with E-state index in [1.807, 2.05) is 0 Å². The molecule has 1 aliphatic rings. The molecule has 0 radical (unpaired) electrons. The Kier molecular flexibility index (Phi) is 3.38. The van der Waals surface area contributed by atoms with Gasteiger partial charge in [-0.2, -0.15) is 0 Å². The number of ether oxygens (including phenoxy) is 2. The van der Waals surface area contributed by atoms with Gasteiger partial charge in [-0.25, -0.2) is 14.0 Å². The van der Waals surface area contributed by atoms with E-state index >= 15 is 0 Å². The van der Waals surface area contributed by atoms with Gasteiger partial charge in [0.1, 0.15) is 5.60 Å². The molecule has 0 spiro atoms. The van der Waals surface area contributed by atoms with Gasteiger partial charge in [-0.3, -0.25) is 0 Å². The maximum Gasteiger partial charge on any atom is 0.426 e. The SMILES string of the molecule is COC(=O)C1(N(Cl)C(=O)OC(C)(C)C)CC1. The van der Waals surface area contributed by atoms with Crippen LogP contribution in [0.3, 0.4) is 0 Å². The fraction of sp³-hybridized carbons (Fsp3) is 0.800. The van der Waals surface area contributed by atoms with Crippen LogP contribution in [0.15, 0.2) is 0 Å². The van der Waals surface area contributed by atoms with Crippen LogP contribution in [0.5, 0.6) is 0 Å². The molecule has 16 heavy (non-hydrogen) atoms. The molecule has 0 aliphatic heterocycles. The number of esters is 1. The molecule has 0 unspecified atom stereocenters. The molecule has 1 aliphatic carbocycles. The number of hydrogen-bond donors (Lipinski definition) is 0. The van der Waals surface area contributed by atoms with Gasteiger partial charge in [0, 0.05) is 11.8 Å². The molecular weight excluding hydrogens is 234 g/mol. The summed E-state index contributed by atoms with van der Waals surface area (Å²) in [5.74, 6) is -0.506. The summed E-state index contributed by atoms with van der Waals surface area (Å²) < 4.78 is 10.5. The van der Waals surface area contributed by atoms with Crippen LogP contribution in [0.2, 0.25) is 0 Å². The maximum atomic E-state index is 11.6. The number of carbonyl (C=O) groups is 2. The highest BCUT2D eigenvalue weighted by Gasteiger charge is 2.59. The monoisotopic (exact) mass is 249 g/mol. The van der Waals surface area contributed by atoms with Gasteiger partial charge in [-0.05, 0) is 33.6 Å². The summed E-state index contributed by atoms with van der Waals surface area (Å²) in [5, 5.41) is 0. The third-order valence-electron chi connectivity index (χ3n) is 2.22. The van der Waals surface area contributed by atoms with Crippen LogP contribution < -0.4 is 0 Å². The summed E-state index contributed by atoms with van der Waals surface area (Å²) in [7, 11) is 1.27. The third-order valence-corrected chi connectivity index (χ3v) is 2.68. The minimum Gasteiger partial charge on any atom is -0.467 e. The van der Waals surface area contributed by atoms with Crippen molar-refractivity contribution < 1.29 is 19.1 Å². The molecule has 5 nitrogen and oxygen atoms in total. The Morgan fingerprint density at radius 1 is 1.31 bits per heavy atom. The molecule has 6 heteroatoms. The zero-order chi connectivity index (χ0) is 12.6. The number of nitrogens with zero attached hydrogens (tertiary/aromatic N) is 1. The number of carbonyl (C=O) groups excluding carboxylic acids is 2. The second-order valence-corrected chi connectivity index (χ2v) is 5.12. The molecule has 0 saturated heterocycles. The summed E-state index contributed by atoms with van der Waals surface area (Å²) in [6, 6.07) is 0. The van der Waals surface area contributed by atoms with Gasteiger partial charge in [-0.15, -0.1) is 0 Å². The van der Waals surface area contributed by atoms with Crippen molar-refractivity contribution in [1.82, 2.24) is 4.42 Å². The number of halogens is 1.